The Morgan fingerprint density at radius 3 is 2.64 bits per heavy atom. The number of alkyl halides is 4. The molecule has 8 nitrogen and oxygen atoms in total. The molecule has 12 heteroatoms. The van der Waals surface area contributed by atoms with Crippen molar-refractivity contribution in [3.05, 3.63) is 45.2 Å². The molecule has 0 aromatic carbocycles. The third-order valence-electron chi connectivity index (χ3n) is 4.48. The molecule has 1 atom stereocenters. The van der Waals surface area contributed by atoms with E-state index in [1.807, 2.05) is 4.98 Å². The van der Waals surface area contributed by atoms with Gasteiger partial charge in [0.25, 0.3) is 5.56 Å². The van der Waals surface area contributed by atoms with Crippen LogP contribution in [-0.2, 0) is 0 Å². The van der Waals surface area contributed by atoms with E-state index in [9.17, 15) is 27.2 Å². The highest BCUT2D eigenvalue weighted by Crippen LogP contribution is 2.42. The third-order valence-corrected chi connectivity index (χ3v) is 4.48. The molecular formula is C16H16F4N6O2. The minimum absolute atomic E-state index is 0.0272. The second-order valence-corrected chi connectivity index (χ2v) is 6.21. The van der Waals surface area contributed by atoms with Gasteiger partial charge in [0.15, 0.2) is 5.49 Å². The Kier molecular flexibility index (Phi) is 4.73. The van der Waals surface area contributed by atoms with E-state index in [-0.39, 0.29) is 29.0 Å². The molecule has 150 valence electrons. The van der Waals surface area contributed by atoms with E-state index in [1.54, 1.807) is 0 Å². The number of nitrogens with one attached hydrogen (secondary N) is 2. The molecule has 2 N–H and O–H groups in total. The number of anilines is 1. The quantitative estimate of drug-likeness (QED) is 0.752. The maximum atomic E-state index is 14.4. The predicted octanol–water partition coefficient (Wildman–Crippen LogP) is 1.04. The standard InChI is InChI=1S/C16H16F4N6O2/c1-3-26-12(21-2)11(25-5-4-15(17,8-25)16(18,19)20)6-10(24-26)9-7-22-14(28)23-13(9)27/h3,6-7H,1,4-5,8H2,2H3,(H2,22,23,27,28). The number of hydrogen-bond acceptors (Lipinski definition) is 5. The molecule has 1 unspecified atom stereocenters. The van der Waals surface area contributed by atoms with Crippen molar-refractivity contribution in [1.82, 2.24) is 19.7 Å². The van der Waals surface area contributed by atoms with Gasteiger partial charge in [-0.15, -0.1) is 0 Å². The van der Waals surface area contributed by atoms with Crippen LogP contribution in [0.5, 0.6) is 0 Å². The van der Waals surface area contributed by atoms with Gasteiger partial charge in [-0.2, -0.15) is 18.3 Å². The molecule has 2 aromatic rings. The molecule has 0 bridgehead atoms. The maximum Gasteiger partial charge on any atom is 0.424 e. The van der Waals surface area contributed by atoms with Crippen LogP contribution in [0, 0.1) is 0 Å². The normalized spacial score (nSPS) is 20.6. The zero-order chi connectivity index (χ0) is 20.7. The minimum Gasteiger partial charge on any atom is -0.365 e. The molecule has 1 fully saturated rings. The van der Waals surface area contributed by atoms with Gasteiger partial charge in [-0.05, 0) is 6.07 Å². The summed E-state index contributed by atoms with van der Waals surface area (Å²) in [7, 11) is 1.40. The highest BCUT2D eigenvalue weighted by Gasteiger charge is 2.59. The number of aromatic nitrogens is 4. The summed E-state index contributed by atoms with van der Waals surface area (Å²) in [5.74, 6) is 0. The summed E-state index contributed by atoms with van der Waals surface area (Å²) in [4.78, 5) is 32.8. The smallest absolute Gasteiger partial charge is 0.365 e. The van der Waals surface area contributed by atoms with Gasteiger partial charge < -0.3 is 9.88 Å². The number of halogens is 4. The molecule has 0 spiro atoms. The highest BCUT2D eigenvalue weighted by atomic mass is 19.4. The molecule has 1 aliphatic heterocycles. The molecule has 3 rings (SSSR count). The van der Waals surface area contributed by atoms with Crippen molar-refractivity contribution in [3.63, 3.8) is 0 Å². The SMILES string of the molecule is C=Cn1nc(-c2c[nH]c(=O)[nH]c2=O)cc(N2CCC(F)(C(F)(F)F)C2)c1=NC. The molecular weight excluding hydrogens is 384 g/mol. The van der Waals surface area contributed by atoms with Crippen molar-refractivity contribution < 1.29 is 17.6 Å². The lowest BCUT2D eigenvalue weighted by molar-refractivity contribution is -0.221. The molecule has 0 aliphatic carbocycles. The van der Waals surface area contributed by atoms with Crippen LogP contribution in [0.3, 0.4) is 0 Å². The van der Waals surface area contributed by atoms with Gasteiger partial charge in [-0.25, -0.2) is 13.9 Å². The number of rotatable bonds is 3. The molecule has 28 heavy (non-hydrogen) atoms. The van der Waals surface area contributed by atoms with Crippen LogP contribution in [0.1, 0.15) is 6.42 Å². The lowest BCUT2D eigenvalue weighted by atomic mass is 10.1. The Hall–Kier alpha value is -3.18. The number of nitrogens with zero attached hydrogens (tertiary/aromatic N) is 4. The van der Waals surface area contributed by atoms with Crippen LogP contribution in [0.2, 0.25) is 0 Å². The summed E-state index contributed by atoms with van der Waals surface area (Å²) in [6.07, 6.45) is -3.36. The van der Waals surface area contributed by atoms with Crippen molar-refractivity contribution >= 4 is 11.9 Å². The summed E-state index contributed by atoms with van der Waals surface area (Å²) in [5.41, 5.74) is -4.50. The van der Waals surface area contributed by atoms with E-state index in [0.29, 0.717) is 0 Å². The monoisotopic (exact) mass is 400 g/mol. The molecule has 2 aromatic heterocycles. The van der Waals surface area contributed by atoms with Crippen LogP contribution in [0.25, 0.3) is 17.5 Å². The average molecular weight is 400 g/mol. The van der Waals surface area contributed by atoms with Crippen molar-refractivity contribution in [3.8, 4) is 11.3 Å². The summed E-state index contributed by atoms with van der Waals surface area (Å²) in [5, 5.41) is 4.16. The van der Waals surface area contributed by atoms with Gasteiger partial charge in [0, 0.05) is 32.4 Å². The second-order valence-electron chi connectivity index (χ2n) is 6.21. The summed E-state index contributed by atoms with van der Waals surface area (Å²) >= 11 is 0. The van der Waals surface area contributed by atoms with Crippen molar-refractivity contribution in [2.45, 2.75) is 18.3 Å². The van der Waals surface area contributed by atoms with Crippen LogP contribution in [0.15, 0.2) is 33.4 Å². The van der Waals surface area contributed by atoms with Gasteiger partial charge in [-0.3, -0.25) is 14.8 Å². The van der Waals surface area contributed by atoms with Gasteiger partial charge in [0.05, 0.1) is 17.8 Å². The van der Waals surface area contributed by atoms with E-state index in [4.69, 9.17) is 0 Å². The fourth-order valence-electron chi connectivity index (χ4n) is 3.02. The van der Waals surface area contributed by atoms with Gasteiger partial charge in [0.2, 0.25) is 5.67 Å². The predicted molar refractivity (Wildman–Crippen MR) is 93.5 cm³/mol. The molecule has 0 saturated carbocycles. The van der Waals surface area contributed by atoms with E-state index in [0.717, 1.165) is 6.20 Å². The van der Waals surface area contributed by atoms with Crippen LogP contribution in [-0.4, -0.2) is 51.7 Å². The molecule has 1 saturated heterocycles. The zero-order valence-corrected chi connectivity index (χ0v) is 14.7. The van der Waals surface area contributed by atoms with E-state index >= 15 is 0 Å². The average Bonchev–Trinajstić information content (AvgIpc) is 3.04. The summed E-state index contributed by atoms with van der Waals surface area (Å²) < 4.78 is 54.7. The molecule has 3 heterocycles. The molecule has 0 amide bonds. The van der Waals surface area contributed by atoms with Crippen LogP contribution in [0.4, 0.5) is 23.2 Å². The van der Waals surface area contributed by atoms with Crippen LogP contribution >= 0.6 is 0 Å². The van der Waals surface area contributed by atoms with E-state index in [2.05, 4.69) is 21.7 Å². The Morgan fingerprint density at radius 1 is 1.39 bits per heavy atom. The number of hydrogen-bond donors (Lipinski definition) is 2. The lowest BCUT2D eigenvalue weighted by Crippen LogP contribution is -2.44. The summed E-state index contributed by atoms with van der Waals surface area (Å²) in [6.45, 7) is 2.45. The number of aromatic amines is 2. The first-order valence-corrected chi connectivity index (χ1v) is 8.12. The van der Waals surface area contributed by atoms with E-state index < -0.39 is 36.1 Å². The fraction of sp³-hybridized carbons (Fsp3) is 0.375. The van der Waals surface area contributed by atoms with Gasteiger partial charge >= 0.3 is 11.9 Å². The van der Waals surface area contributed by atoms with Crippen molar-refractivity contribution in [2.75, 3.05) is 25.0 Å². The first-order chi connectivity index (χ1) is 13.1. The second kappa shape index (κ2) is 6.77. The first-order valence-electron chi connectivity index (χ1n) is 8.12. The van der Waals surface area contributed by atoms with Crippen LogP contribution < -0.4 is 21.6 Å². The topological polar surface area (TPSA) is 99.1 Å². The largest absolute Gasteiger partial charge is 0.424 e. The third kappa shape index (κ3) is 3.25. The van der Waals surface area contributed by atoms with Gasteiger partial charge in [0.1, 0.15) is 5.69 Å². The Balaban J connectivity index is 2.17. The zero-order valence-electron chi connectivity index (χ0n) is 14.7. The first kappa shape index (κ1) is 19.6. The molecule has 0 radical (unpaired) electrons. The minimum atomic E-state index is -5.01. The Bertz CT molecular complexity index is 1100. The Morgan fingerprint density at radius 2 is 2.11 bits per heavy atom. The highest BCUT2D eigenvalue weighted by molar-refractivity contribution is 5.63. The molecule has 1 aliphatic rings. The van der Waals surface area contributed by atoms with Crippen molar-refractivity contribution in [1.29, 1.82) is 0 Å². The number of H-pyrrole nitrogens is 2. The fourth-order valence-corrected chi connectivity index (χ4v) is 3.02. The van der Waals surface area contributed by atoms with Crippen molar-refractivity contribution in [2.24, 2.45) is 4.99 Å². The Labute approximate surface area is 154 Å². The van der Waals surface area contributed by atoms with E-state index in [1.165, 1.54) is 28.9 Å². The summed E-state index contributed by atoms with van der Waals surface area (Å²) in [6, 6.07) is 1.33. The lowest BCUT2D eigenvalue weighted by Gasteiger charge is -2.25. The maximum absolute atomic E-state index is 14.4. The van der Waals surface area contributed by atoms with Gasteiger partial charge in [-0.1, -0.05) is 6.58 Å².